The van der Waals surface area contributed by atoms with Crippen molar-refractivity contribution >= 4 is 10.0 Å². The van der Waals surface area contributed by atoms with Crippen LogP contribution in [0.4, 0.5) is 0 Å². The molecule has 0 bridgehead atoms. The van der Waals surface area contributed by atoms with Crippen LogP contribution in [0.25, 0.3) is 0 Å². The van der Waals surface area contributed by atoms with Gasteiger partial charge in [0.2, 0.25) is 10.0 Å². The molecule has 1 aromatic rings. The first-order valence-electron chi connectivity index (χ1n) is 7.05. The molecule has 0 saturated heterocycles. The number of aliphatic hydroxyl groups is 1. The first-order valence-corrected chi connectivity index (χ1v) is 8.54. The van der Waals surface area contributed by atoms with Crippen LogP contribution in [0.5, 0.6) is 0 Å². The molecule has 1 rings (SSSR count). The number of sulfonamides is 1. The Kier molecular flexibility index (Phi) is 6.17. The second-order valence-corrected chi connectivity index (χ2v) is 7.34. The van der Waals surface area contributed by atoms with Gasteiger partial charge in [-0.3, -0.25) is 0 Å². The van der Waals surface area contributed by atoms with Gasteiger partial charge in [0.1, 0.15) is 0 Å². The fraction of sp³-hybridized carbons (Fsp3) is 0.600. The van der Waals surface area contributed by atoms with E-state index in [2.05, 4.69) is 18.6 Å². The molecule has 0 spiro atoms. The molecule has 2 N–H and O–H groups in total. The zero-order valence-electron chi connectivity index (χ0n) is 12.6. The number of benzene rings is 1. The lowest BCUT2D eigenvalue weighted by molar-refractivity contribution is 0.173. The molecule has 4 nitrogen and oxygen atoms in total. The maximum atomic E-state index is 12.2. The van der Waals surface area contributed by atoms with Crippen LogP contribution in [0, 0.1) is 11.8 Å². The van der Waals surface area contributed by atoms with E-state index in [-0.39, 0.29) is 10.8 Å². The van der Waals surface area contributed by atoms with Gasteiger partial charge in [0.05, 0.1) is 11.0 Å². The summed E-state index contributed by atoms with van der Waals surface area (Å²) in [6.45, 7) is 8.42. The van der Waals surface area contributed by atoms with Gasteiger partial charge in [-0.25, -0.2) is 13.1 Å². The third-order valence-electron chi connectivity index (χ3n) is 3.67. The van der Waals surface area contributed by atoms with Crippen LogP contribution in [-0.2, 0) is 10.0 Å². The highest BCUT2D eigenvalue weighted by molar-refractivity contribution is 7.89. The van der Waals surface area contributed by atoms with E-state index < -0.39 is 16.1 Å². The Balaban J connectivity index is 2.87. The Morgan fingerprint density at radius 1 is 1.25 bits per heavy atom. The highest BCUT2D eigenvalue weighted by atomic mass is 32.2. The van der Waals surface area contributed by atoms with E-state index in [0.29, 0.717) is 24.4 Å². The lowest BCUT2D eigenvalue weighted by Crippen LogP contribution is -2.30. The van der Waals surface area contributed by atoms with E-state index in [0.717, 1.165) is 0 Å². The van der Waals surface area contributed by atoms with Crippen molar-refractivity contribution in [2.45, 2.75) is 45.1 Å². The summed E-state index contributed by atoms with van der Waals surface area (Å²) in [6, 6.07) is 6.49. The van der Waals surface area contributed by atoms with Gasteiger partial charge in [0.25, 0.3) is 0 Å². The fourth-order valence-corrected chi connectivity index (χ4v) is 2.88. The molecular weight excluding hydrogens is 274 g/mol. The molecule has 0 aliphatic carbocycles. The van der Waals surface area contributed by atoms with E-state index in [1.165, 1.54) is 6.07 Å². The SMILES string of the molecule is CCC(O)c1cccc(S(=O)(=O)NCC(C)C(C)C)c1. The predicted molar refractivity (Wildman–Crippen MR) is 80.9 cm³/mol. The molecule has 0 aromatic heterocycles. The summed E-state index contributed by atoms with van der Waals surface area (Å²) in [5, 5.41) is 9.80. The van der Waals surface area contributed by atoms with Crippen molar-refractivity contribution in [3.63, 3.8) is 0 Å². The zero-order chi connectivity index (χ0) is 15.3. The summed E-state index contributed by atoms with van der Waals surface area (Å²) in [6.07, 6.45) is -0.0684. The number of nitrogens with one attached hydrogen (secondary N) is 1. The van der Waals surface area contributed by atoms with Crippen LogP contribution in [0.2, 0.25) is 0 Å². The quantitative estimate of drug-likeness (QED) is 0.813. The summed E-state index contributed by atoms with van der Waals surface area (Å²) in [4.78, 5) is 0.207. The summed E-state index contributed by atoms with van der Waals surface area (Å²) < 4.78 is 27.1. The molecule has 2 unspecified atom stereocenters. The van der Waals surface area contributed by atoms with Crippen molar-refractivity contribution in [2.24, 2.45) is 11.8 Å². The molecule has 0 aliphatic heterocycles. The van der Waals surface area contributed by atoms with Gasteiger partial charge < -0.3 is 5.11 Å². The molecule has 0 aliphatic rings. The fourth-order valence-electron chi connectivity index (χ4n) is 1.68. The van der Waals surface area contributed by atoms with Gasteiger partial charge in [0.15, 0.2) is 0 Å². The van der Waals surface area contributed by atoms with Gasteiger partial charge in [0, 0.05) is 6.54 Å². The Morgan fingerprint density at radius 3 is 2.45 bits per heavy atom. The van der Waals surface area contributed by atoms with Crippen LogP contribution < -0.4 is 4.72 Å². The molecule has 0 heterocycles. The Hall–Kier alpha value is -0.910. The topological polar surface area (TPSA) is 66.4 Å². The lowest BCUT2D eigenvalue weighted by Gasteiger charge is -2.16. The standard InChI is InChI=1S/C15H25NO3S/c1-5-15(17)13-7-6-8-14(9-13)20(18,19)16-10-12(4)11(2)3/h6-9,11-12,15-17H,5,10H2,1-4H3. The van der Waals surface area contributed by atoms with Crippen LogP contribution in [0.15, 0.2) is 29.2 Å². The average molecular weight is 299 g/mol. The highest BCUT2D eigenvalue weighted by Gasteiger charge is 2.17. The minimum Gasteiger partial charge on any atom is -0.388 e. The molecule has 114 valence electrons. The van der Waals surface area contributed by atoms with Crippen molar-refractivity contribution in [2.75, 3.05) is 6.54 Å². The van der Waals surface area contributed by atoms with E-state index in [9.17, 15) is 13.5 Å². The van der Waals surface area contributed by atoms with Crippen molar-refractivity contribution < 1.29 is 13.5 Å². The summed E-state index contributed by atoms with van der Waals surface area (Å²) in [5.41, 5.74) is 0.632. The Bertz CT molecular complexity index is 526. The number of rotatable bonds is 7. The van der Waals surface area contributed by atoms with E-state index in [1.54, 1.807) is 18.2 Å². The van der Waals surface area contributed by atoms with E-state index in [1.807, 2.05) is 13.8 Å². The lowest BCUT2D eigenvalue weighted by atomic mass is 9.99. The molecular formula is C15H25NO3S. The van der Waals surface area contributed by atoms with Gasteiger partial charge >= 0.3 is 0 Å². The van der Waals surface area contributed by atoms with Gasteiger partial charge in [-0.15, -0.1) is 0 Å². The van der Waals surface area contributed by atoms with Gasteiger partial charge in [-0.2, -0.15) is 0 Å². The Labute approximate surface area is 122 Å². The van der Waals surface area contributed by atoms with Crippen molar-refractivity contribution in [3.05, 3.63) is 29.8 Å². The van der Waals surface area contributed by atoms with E-state index >= 15 is 0 Å². The van der Waals surface area contributed by atoms with Crippen LogP contribution >= 0.6 is 0 Å². The molecule has 20 heavy (non-hydrogen) atoms. The molecule has 0 radical (unpaired) electrons. The monoisotopic (exact) mass is 299 g/mol. The summed E-state index contributed by atoms with van der Waals surface area (Å²) in [5.74, 6) is 0.695. The van der Waals surface area contributed by atoms with Crippen molar-refractivity contribution in [1.82, 2.24) is 4.72 Å². The summed E-state index contributed by atoms with van der Waals surface area (Å²) in [7, 11) is -3.51. The minimum absolute atomic E-state index is 0.207. The van der Waals surface area contributed by atoms with Crippen LogP contribution in [0.1, 0.15) is 45.8 Å². The molecule has 0 saturated carbocycles. The first-order chi connectivity index (χ1) is 9.27. The number of aliphatic hydroxyl groups excluding tert-OH is 1. The minimum atomic E-state index is -3.51. The Morgan fingerprint density at radius 2 is 1.90 bits per heavy atom. The van der Waals surface area contributed by atoms with Gasteiger partial charge in [-0.05, 0) is 36.0 Å². The average Bonchev–Trinajstić information content (AvgIpc) is 2.43. The molecule has 0 amide bonds. The second-order valence-electron chi connectivity index (χ2n) is 5.57. The highest BCUT2D eigenvalue weighted by Crippen LogP contribution is 2.20. The van der Waals surface area contributed by atoms with Crippen LogP contribution in [0.3, 0.4) is 0 Å². The predicted octanol–water partition coefficient (Wildman–Crippen LogP) is 2.70. The normalized spacial score (nSPS) is 15.3. The third-order valence-corrected chi connectivity index (χ3v) is 5.09. The molecule has 2 atom stereocenters. The van der Waals surface area contributed by atoms with Crippen LogP contribution in [-0.4, -0.2) is 20.1 Å². The largest absolute Gasteiger partial charge is 0.388 e. The van der Waals surface area contributed by atoms with Crippen molar-refractivity contribution in [3.8, 4) is 0 Å². The summed E-state index contributed by atoms with van der Waals surface area (Å²) >= 11 is 0. The molecule has 0 fully saturated rings. The first kappa shape index (κ1) is 17.1. The molecule has 5 heteroatoms. The third kappa shape index (κ3) is 4.58. The zero-order valence-corrected chi connectivity index (χ0v) is 13.4. The van der Waals surface area contributed by atoms with Crippen molar-refractivity contribution in [1.29, 1.82) is 0 Å². The molecule has 1 aromatic carbocycles. The maximum Gasteiger partial charge on any atom is 0.240 e. The smallest absolute Gasteiger partial charge is 0.240 e. The van der Waals surface area contributed by atoms with E-state index in [4.69, 9.17) is 0 Å². The van der Waals surface area contributed by atoms with Gasteiger partial charge in [-0.1, -0.05) is 39.8 Å². The number of hydrogen-bond acceptors (Lipinski definition) is 3. The number of hydrogen-bond donors (Lipinski definition) is 2. The second kappa shape index (κ2) is 7.20. The maximum absolute atomic E-state index is 12.2.